The third kappa shape index (κ3) is 3.20. The molecule has 0 bridgehead atoms. The van der Waals surface area contributed by atoms with E-state index in [1.54, 1.807) is 0 Å². The molecule has 1 heterocycles. The topological polar surface area (TPSA) is 33.3 Å². The molecule has 0 radical (unpaired) electrons. The van der Waals surface area contributed by atoms with E-state index in [0.717, 1.165) is 13.2 Å². The zero-order valence-electron chi connectivity index (χ0n) is 8.34. The SMILES string of the molecule is CCNC1NC=CC=C1COCC. The van der Waals surface area contributed by atoms with Crippen LogP contribution >= 0.6 is 0 Å². The first-order chi connectivity index (χ1) is 6.38. The molecule has 74 valence electrons. The summed E-state index contributed by atoms with van der Waals surface area (Å²) in [4.78, 5) is 0. The zero-order chi connectivity index (χ0) is 9.52. The number of hydrogen-bond donors (Lipinski definition) is 2. The van der Waals surface area contributed by atoms with E-state index in [1.165, 1.54) is 5.57 Å². The largest absolute Gasteiger partial charge is 0.377 e. The summed E-state index contributed by atoms with van der Waals surface area (Å²) in [6, 6.07) is 0. The van der Waals surface area contributed by atoms with Gasteiger partial charge in [0.05, 0.1) is 6.61 Å². The Kier molecular flexibility index (Phi) is 4.57. The van der Waals surface area contributed by atoms with Crippen molar-refractivity contribution in [2.24, 2.45) is 0 Å². The summed E-state index contributed by atoms with van der Waals surface area (Å²) in [5.74, 6) is 0. The Balaban J connectivity index is 2.44. The highest BCUT2D eigenvalue weighted by atomic mass is 16.5. The van der Waals surface area contributed by atoms with Crippen LogP contribution in [0.4, 0.5) is 0 Å². The van der Waals surface area contributed by atoms with Crippen LogP contribution < -0.4 is 10.6 Å². The molecule has 0 aromatic rings. The highest BCUT2D eigenvalue weighted by molar-refractivity contribution is 5.22. The lowest BCUT2D eigenvalue weighted by Crippen LogP contribution is -2.43. The second kappa shape index (κ2) is 5.78. The highest BCUT2D eigenvalue weighted by Crippen LogP contribution is 2.05. The molecule has 2 N–H and O–H groups in total. The van der Waals surface area contributed by atoms with Crippen LogP contribution in [0.5, 0.6) is 0 Å². The van der Waals surface area contributed by atoms with E-state index in [1.807, 2.05) is 19.2 Å². The molecule has 0 spiro atoms. The molecule has 1 unspecified atom stereocenters. The van der Waals surface area contributed by atoms with Crippen LogP contribution in [0, 0.1) is 0 Å². The fourth-order valence-corrected chi connectivity index (χ4v) is 1.27. The monoisotopic (exact) mass is 182 g/mol. The van der Waals surface area contributed by atoms with Gasteiger partial charge in [0.1, 0.15) is 6.17 Å². The summed E-state index contributed by atoms with van der Waals surface area (Å²) in [6.07, 6.45) is 6.28. The Bertz CT molecular complexity index is 199. The molecular formula is C10H18N2O. The van der Waals surface area contributed by atoms with Crippen molar-refractivity contribution in [3.05, 3.63) is 23.9 Å². The summed E-state index contributed by atoms with van der Waals surface area (Å²) >= 11 is 0. The molecule has 0 fully saturated rings. The molecule has 1 aliphatic rings. The van der Waals surface area contributed by atoms with Gasteiger partial charge in [0, 0.05) is 6.61 Å². The van der Waals surface area contributed by atoms with E-state index in [9.17, 15) is 0 Å². The van der Waals surface area contributed by atoms with Crippen molar-refractivity contribution < 1.29 is 4.74 Å². The maximum absolute atomic E-state index is 5.37. The summed E-state index contributed by atoms with van der Waals surface area (Å²) < 4.78 is 5.37. The van der Waals surface area contributed by atoms with E-state index in [4.69, 9.17) is 4.74 Å². The van der Waals surface area contributed by atoms with Crippen LogP contribution in [0.15, 0.2) is 23.9 Å². The van der Waals surface area contributed by atoms with E-state index in [0.29, 0.717) is 6.61 Å². The summed E-state index contributed by atoms with van der Waals surface area (Å²) in [6.45, 7) is 6.52. The van der Waals surface area contributed by atoms with Crippen molar-refractivity contribution in [3.63, 3.8) is 0 Å². The minimum Gasteiger partial charge on any atom is -0.377 e. The fraction of sp³-hybridized carbons (Fsp3) is 0.600. The van der Waals surface area contributed by atoms with Gasteiger partial charge in [0.15, 0.2) is 0 Å². The predicted molar refractivity (Wildman–Crippen MR) is 54.3 cm³/mol. The van der Waals surface area contributed by atoms with Crippen LogP contribution in [0.25, 0.3) is 0 Å². The molecule has 13 heavy (non-hydrogen) atoms. The molecule has 0 amide bonds. The lowest BCUT2D eigenvalue weighted by Gasteiger charge is -2.23. The van der Waals surface area contributed by atoms with Crippen molar-refractivity contribution in [1.29, 1.82) is 0 Å². The Morgan fingerprint density at radius 1 is 1.54 bits per heavy atom. The van der Waals surface area contributed by atoms with Gasteiger partial charge in [0.25, 0.3) is 0 Å². The van der Waals surface area contributed by atoms with Gasteiger partial charge < -0.3 is 10.1 Å². The maximum atomic E-state index is 5.37. The lowest BCUT2D eigenvalue weighted by molar-refractivity contribution is 0.164. The second-order valence-corrected chi connectivity index (χ2v) is 2.90. The number of likely N-dealkylation sites (N-methyl/N-ethyl adjacent to an activating group) is 1. The average Bonchev–Trinajstić information content (AvgIpc) is 2.17. The van der Waals surface area contributed by atoms with Gasteiger partial charge in [-0.3, -0.25) is 5.32 Å². The molecule has 1 aliphatic heterocycles. The summed E-state index contributed by atoms with van der Waals surface area (Å²) in [7, 11) is 0. The van der Waals surface area contributed by atoms with Crippen LogP contribution in [-0.4, -0.2) is 25.9 Å². The molecular weight excluding hydrogens is 164 g/mol. The number of allylic oxidation sites excluding steroid dienone is 2. The second-order valence-electron chi connectivity index (χ2n) is 2.90. The van der Waals surface area contributed by atoms with Gasteiger partial charge in [0.2, 0.25) is 0 Å². The first-order valence-corrected chi connectivity index (χ1v) is 4.81. The predicted octanol–water partition coefficient (Wildman–Crippen LogP) is 1.00. The quantitative estimate of drug-likeness (QED) is 0.665. The summed E-state index contributed by atoms with van der Waals surface area (Å²) in [5, 5.41) is 6.57. The van der Waals surface area contributed by atoms with Crippen molar-refractivity contribution in [3.8, 4) is 0 Å². The molecule has 3 heteroatoms. The molecule has 0 saturated heterocycles. The van der Waals surface area contributed by atoms with Crippen LogP contribution in [-0.2, 0) is 4.74 Å². The number of hydrogen-bond acceptors (Lipinski definition) is 3. The normalized spacial score (nSPS) is 21.1. The zero-order valence-corrected chi connectivity index (χ0v) is 8.34. The third-order valence-corrected chi connectivity index (χ3v) is 1.92. The Hall–Kier alpha value is -0.800. The standard InChI is InChI=1S/C10H18N2O/c1-3-11-10-9(8-13-4-2)6-5-7-12-10/h5-7,10-12H,3-4,8H2,1-2H3. The minimum atomic E-state index is 0.238. The number of ether oxygens (including phenoxy) is 1. The maximum Gasteiger partial charge on any atom is 0.101 e. The minimum absolute atomic E-state index is 0.238. The number of dihydropyridines is 1. The van der Waals surface area contributed by atoms with Crippen LogP contribution in [0.1, 0.15) is 13.8 Å². The summed E-state index contributed by atoms with van der Waals surface area (Å²) in [5.41, 5.74) is 1.26. The van der Waals surface area contributed by atoms with Gasteiger partial charge in [-0.25, -0.2) is 0 Å². The molecule has 0 aromatic heterocycles. The van der Waals surface area contributed by atoms with Gasteiger partial charge in [-0.2, -0.15) is 0 Å². The first kappa shape index (κ1) is 10.3. The Labute approximate surface area is 79.9 Å². The molecule has 0 aliphatic carbocycles. The fourth-order valence-electron chi connectivity index (χ4n) is 1.27. The third-order valence-electron chi connectivity index (χ3n) is 1.92. The molecule has 1 rings (SSSR count). The van der Waals surface area contributed by atoms with Crippen molar-refractivity contribution in [1.82, 2.24) is 10.6 Å². The number of nitrogens with one attached hydrogen (secondary N) is 2. The Morgan fingerprint density at radius 2 is 2.38 bits per heavy atom. The van der Waals surface area contributed by atoms with E-state index >= 15 is 0 Å². The smallest absolute Gasteiger partial charge is 0.101 e. The van der Waals surface area contributed by atoms with Crippen molar-refractivity contribution >= 4 is 0 Å². The average molecular weight is 182 g/mol. The Morgan fingerprint density at radius 3 is 3.08 bits per heavy atom. The van der Waals surface area contributed by atoms with Crippen LogP contribution in [0.3, 0.4) is 0 Å². The molecule has 0 aromatic carbocycles. The van der Waals surface area contributed by atoms with Gasteiger partial charge >= 0.3 is 0 Å². The van der Waals surface area contributed by atoms with Gasteiger partial charge in [-0.1, -0.05) is 13.0 Å². The van der Waals surface area contributed by atoms with Crippen molar-refractivity contribution in [2.75, 3.05) is 19.8 Å². The van der Waals surface area contributed by atoms with Crippen molar-refractivity contribution in [2.45, 2.75) is 20.0 Å². The van der Waals surface area contributed by atoms with E-state index < -0.39 is 0 Å². The van der Waals surface area contributed by atoms with Gasteiger partial charge in [-0.05, 0) is 31.3 Å². The molecule has 3 nitrogen and oxygen atoms in total. The van der Waals surface area contributed by atoms with E-state index in [-0.39, 0.29) is 6.17 Å². The van der Waals surface area contributed by atoms with Gasteiger partial charge in [-0.15, -0.1) is 0 Å². The van der Waals surface area contributed by atoms with E-state index in [2.05, 4.69) is 23.6 Å². The highest BCUT2D eigenvalue weighted by Gasteiger charge is 2.12. The lowest BCUT2D eigenvalue weighted by atomic mass is 10.1. The van der Waals surface area contributed by atoms with Crippen LogP contribution in [0.2, 0.25) is 0 Å². The first-order valence-electron chi connectivity index (χ1n) is 4.81. The molecule has 1 atom stereocenters. The molecule has 0 saturated carbocycles. The number of rotatable bonds is 5.